The summed E-state index contributed by atoms with van der Waals surface area (Å²) in [7, 11) is 0. The first-order chi connectivity index (χ1) is 9.59. The van der Waals surface area contributed by atoms with Crippen LogP contribution in [0.1, 0.15) is 64.7 Å². The fraction of sp³-hybridized carbons (Fsp3) is 0.867. The Morgan fingerprint density at radius 2 is 1.90 bits per heavy atom. The van der Waals surface area contributed by atoms with Crippen LogP contribution in [-0.2, 0) is 4.79 Å². The molecule has 2 fully saturated rings. The number of carboxylic acids is 1. The van der Waals surface area contributed by atoms with Crippen molar-refractivity contribution in [2.45, 2.75) is 76.3 Å². The fourth-order valence-corrected chi connectivity index (χ4v) is 2.99. The van der Waals surface area contributed by atoms with Gasteiger partial charge in [0.2, 0.25) is 0 Å². The molecule has 2 rings (SSSR count). The molecule has 5 nitrogen and oxygen atoms in total. The number of hydrogen-bond donors (Lipinski definition) is 2. The van der Waals surface area contributed by atoms with Gasteiger partial charge in [-0.3, -0.25) is 0 Å². The summed E-state index contributed by atoms with van der Waals surface area (Å²) in [6.07, 6.45) is 8.06. The number of amides is 2. The summed E-state index contributed by atoms with van der Waals surface area (Å²) in [4.78, 5) is 25.9. The molecule has 0 atom stereocenters. The quantitative estimate of drug-likeness (QED) is 0.787. The predicted molar refractivity (Wildman–Crippen MR) is 76.6 cm³/mol. The average molecular weight is 282 g/mol. The molecule has 0 bridgehead atoms. The highest BCUT2D eigenvalue weighted by Crippen LogP contribution is 2.31. The van der Waals surface area contributed by atoms with Crippen molar-refractivity contribution < 1.29 is 14.7 Å². The Hall–Kier alpha value is -1.26. The minimum absolute atomic E-state index is 0.176. The van der Waals surface area contributed by atoms with Gasteiger partial charge in [0.25, 0.3) is 0 Å². The number of unbranched alkanes of at least 4 members (excludes halogenated alkanes) is 1. The van der Waals surface area contributed by atoms with Gasteiger partial charge < -0.3 is 15.3 Å². The molecule has 20 heavy (non-hydrogen) atoms. The van der Waals surface area contributed by atoms with E-state index in [4.69, 9.17) is 0 Å². The summed E-state index contributed by atoms with van der Waals surface area (Å²) in [5, 5.41) is 12.4. The molecule has 0 aromatic heterocycles. The summed E-state index contributed by atoms with van der Waals surface area (Å²) >= 11 is 0. The highest BCUT2D eigenvalue weighted by atomic mass is 16.4. The summed E-state index contributed by atoms with van der Waals surface area (Å²) in [5.74, 6) is -0.878. The molecular weight excluding hydrogens is 256 g/mol. The zero-order valence-electron chi connectivity index (χ0n) is 12.4. The third kappa shape index (κ3) is 3.44. The lowest BCUT2D eigenvalue weighted by Gasteiger charge is -2.36. The molecule has 2 amide bonds. The molecule has 114 valence electrons. The van der Waals surface area contributed by atoms with Crippen molar-refractivity contribution in [3.8, 4) is 0 Å². The maximum Gasteiger partial charge on any atom is 0.329 e. The lowest BCUT2D eigenvalue weighted by Crippen LogP contribution is -2.59. The van der Waals surface area contributed by atoms with Gasteiger partial charge in [0.05, 0.1) is 0 Å². The Bertz CT molecular complexity index is 360. The summed E-state index contributed by atoms with van der Waals surface area (Å²) in [5.41, 5.74) is -1.03. The van der Waals surface area contributed by atoms with E-state index in [1.54, 1.807) is 0 Å². The Labute approximate surface area is 120 Å². The van der Waals surface area contributed by atoms with Crippen LogP contribution in [0.3, 0.4) is 0 Å². The van der Waals surface area contributed by atoms with Gasteiger partial charge in [-0.1, -0.05) is 32.6 Å². The van der Waals surface area contributed by atoms with Crippen LogP contribution in [0.2, 0.25) is 0 Å². The van der Waals surface area contributed by atoms with Gasteiger partial charge in [-0.2, -0.15) is 0 Å². The molecule has 0 unspecified atom stereocenters. The molecule has 0 spiro atoms. The molecular formula is C15H26N2O3. The average Bonchev–Trinajstić information content (AvgIpc) is 3.24. The minimum Gasteiger partial charge on any atom is -0.480 e. The van der Waals surface area contributed by atoms with Crippen LogP contribution in [0.5, 0.6) is 0 Å². The molecule has 0 aromatic rings. The van der Waals surface area contributed by atoms with Crippen LogP contribution in [0.4, 0.5) is 4.79 Å². The van der Waals surface area contributed by atoms with Gasteiger partial charge in [-0.05, 0) is 32.1 Å². The van der Waals surface area contributed by atoms with Crippen molar-refractivity contribution in [2.24, 2.45) is 0 Å². The first kappa shape index (κ1) is 15.1. The number of nitrogens with one attached hydrogen (secondary N) is 1. The van der Waals surface area contributed by atoms with E-state index in [0.717, 1.165) is 51.5 Å². The molecule has 0 aliphatic heterocycles. The molecule has 0 heterocycles. The maximum absolute atomic E-state index is 12.5. The summed E-state index contributed by atoms with van der Waals surface area (Å²) in [6, 6.07) is 0.154. The monoisotopic (exact) mass is 282 g/mol. The van der Waals surface area contributed by atoms with Gasteiger partial charge in [0.1, 0.15) is 5.54 Å². The smallest absolute Gasteiger partial charge is 0.329 e. The number of hydrogen-bond acceptors (Lipinski definition) is 2. The largest absolute Gasteiger partial charge is 0.480 e. The third-order valence-corrected chi connectivity index (χ3v) is 4.46. The van der Waals surface area contributed by atoms with Crippen molar-refractivity contribution >= 4 is 12.0 Å². The molecule has 2 aliphatic rings. The standard InChI is InChI=1S/C15H26N2O3/c1-2-3-11-17(12-7-8-12)14(20)16-15(13(18)19)9-5-4-6-10-15/h12H,2-11H2,1H3,(H,16,20)(H,18,19). The number of carboxylic acid groups (broad SMARTS) is 1. The molecule has 0 saturated heterocycles. The van der Waals surface area contributed by atoms with Gasteiger partial charge in [-0.25, -0.2) is 9.59 Å². The van der Waals surface area contributed by atoms with Crippen molar-refractivity contribution in [3.63, 3.8) is 0 Å². The van der Waals surface area contributed by atoms with Crippen LogP contribution in [0, 0.1) is 0 Å². The fourth-order valence-electron chi connectivity index (χ4n) is 2.99. The Morgan fingerprint density at radius 3 is 2.40 bits per heavy atom. The lowest BCUT2D eigenvalue weighted by atomic mass is 9.82. The van der Waals surface area contributed by atoms with E-state index in [0.29, 0.717) is 18.9 Å². The molecule has 5 heteroatoms. The zero-order valence-corrected chi connectivity index (χ0v) is 12.4. The normalized spacial score (nSPS) is 21.2. The maximum atomic E-state index is 12.5. The number of carbonyl (C=O) groups is 2. The van der Waals surface area contributed by atoms with Crippen LogP contribution >= 0.6 is 0 Å². The molecule has 2 N–H and O–H groups in total. The number of nitrogens with zero attached hydrogens (tertiary/aromatic N) is 1. The Kier molecular flexibility index (Phi) is 4.89. The van der Waals surface area contributed by atoms with Crippen molar-refractivity contribution in [1.29, 1.82) is 0 Å². The highest BCUT2D eigenvalue weighted by molar-refractivity contribution is 5.86. The van der Waals surface area contributed by atoms with E-state index in [2.05, 4.69) is 12.2 Å². The Balaban J connectivity index is 2.00. The number of urea groups is 1. The first-order valence-corrected chi connectivity index (χ1v) is 7.91. The summed E-state index contributed by atoms with van der Waals surface area (Å²) in [6.45, 7) is 2.84. The SMILES string of the molecule is CCCCN(C(=O)NC1(C(=O)O)CCCCC1)C1CC1. The second-order valence-corrected chi connectivity index (χ2v) is 6.16. The highest BCUT2D eigenvalue weighted by Gasteiger charge is 2.43. The summed E-state index contributed by atoms with van der Waals surface area (Å²) < 4.78 is 0. The van der Waals surface area contributed by atoms with Crippen molar-refractivity contribution in [2.75, 3.05) is 6.54 Å². The van der Waals surface area contributed by atoms with E-state index < -0.39 is 11.5 Å². The second kappa shape index (κ2) is 6.46. The predicted octanol–water partition coefficient (Wildman–Crippen LogP) is 2.75. The third-order valence-electron chi connectivity index (χ3n) is 4.46. The van der Waals surface area contributed by atoms with Crippen LogP contribution in [0.25, 0.3) is 0 Å². The Morgan fingerprint density at radius 1 is 1.25 bits per heavy atom. The van der Waals surface area contributed by atoms with Crippen LogP contribution < -0.4 is 5.32 Å². The topological polar surface area (TPSA) is 69.6 Å². The lowest BCUT2D eigenvalue weighted by molar-refractivity contribution is -0.146. The van der Waals surface area contributed by atoms with E-state index in [-0.39, 0.29) is 6.03 Å². The molecule has 2 saturated carbocycles. The molecule has 2 aliphatic carbocycles. The van der Waals surface area contributed by atoms with Gasteiger partial charge in [-0.15, -0.1) is 0 Å². The van der Waals surface area contributed by atoms with E-state index in [1.165, 1.54) is 0 Å². The van der Waals surface area contributed by atoms with Gasteiger partial charge >= 0.3 is 12.0 Å². The molecule has 0 aromatic carbocycles. The van der Waals surface area contributed by atoms with Crippen molar-refractivity contribution in [3.05, 3.63) is 0 Å². The minimum atomic E-state index is -1.03. The van der Waals surface area contributed by atoms with E-state index in [1.807, 2.05) is 4.90 Å². The number of carbonyl (C=O) groups excluding carboxylic acids is 1. The van der Waals surface area contributed by atoms with Gasteiger partial charge in [0.15, 0.2) is 0 Å². The van der Waals surface area contributed by atoms with E-state index >= 15 is 0 Å². The number of aliphatic carboxylic acids is 1. The first-order valence-electron chi connectivity index (χ1n) is 7.91. The van der Waals surface area contributed by atoms with Gasteiger partial charge in [0, 0.05) is 12.6 Å². The molecule has 0 radical (unpaired) electrons. The van der Waals surface area contributed by atoms with Crippen LogP contribution in [0.15, 0.2) is 0 Å². The van der Waals surface area contributed by atoms with Crippen LogP contribution in [-0.4, -0.2) is 40.1 Å². The second-order valence-electron chi connectivity index (χ2n) is 6.16. The number of rotatable bonds is 6. The van der Waals surface area contributed by atoms with E-state index in [9.17, 15) is 14.7 Å². The zero-order chi connectivity index (χ0) is 14.6. The van der Waals surface area contributed by atoms with Crippen molar-refractivity contribution in [1.82, 2.24) is 10.2 Å².